The summed E-state index contributed by atoms with van der Waals surface area (Å²) in [5.41, 5.74) is -1.16. The van der Waals surface area contributed by atoms with Gasteiger partial charge in [-0.05, 0) is 46.5 Å². The second-order valence-corrected chi connectivity index (χ2v) is 10.9. The second-order valence-electron chi connectivity index (χ2n) is 9.77. The van der Waals surface area contributed by atoms with E-state index in [1.165, 1.54) is 4.90 Å². The molecule has 190 valence electrons. The highest BCUT2D eigenvalue weighted by Gasteiger charge is 2.77. The molecule has 0 aromatic rings. The molecule has 2 amide bonds. The Hall–Kier alpha value is -1.71. The largest absolute Gasteiger partial charge is 0.465 e. The zero-order valence-electron chi connectivity index (χ0n) is 20.3. The number of amides is 2. The third-order valence-electron chi connectivity index (χ3n) is 7.25. The maximum atomic E-state index is 13.9. The minimum atomic E-state index is -1.16. The number of aliphatic hydroxyl groups excluding tert-OH is 1. The number of nitrogens with zero attached hydrogens (tertiary/aromatic N) is 2. The number of fused-ring (bicyclic) bond motifs is 1. The lowest BCUT2D eigenvalue weighted by atomic mass is 9.70. The third-order valence-corrected chi connectivity index (χ3v) is 8.10. The Morgan fingerprint density at radius 1 is 1.32 bits per heavy atom. The van der Waals surface area contributed by atoms with Crippen LogP contribution in [0, 0.1) is 11.8 Å². The predicted molar refractivity (Wildman–Crippen MR) is 131 cm³/mol. The molecule has 9 heteroatoms. The van der Waals surface area contributed by atoms with Crippen LogP contribution in [0.2, 0.25) is 0 Å². The standard InChI is InChI=1S/C25H37BrN2O6/c1-6-8-9-10-12-33-24(32)18-19-22(30)28(16(5)14-29)21(23(31)27(11-7-2)15(3)4)25(19)13-17(26)20(18)34-25/h6-7,15-21,29H,1-2,8-14H2,3-5H3/t16-,17?,18+,19+,20+,21?,25?/m1/s1. The van der Waals surface area contributed by atoms with E-state index < -0.39 is 41.6 Å². The van der Waals surface area contributed by atoms with Gasteiger partial charge >= 0.3 is 5.97 Å². The van der Waals surface area contributed by atoms with Gasteiger partial charge in [0.2, 0.25) is 11.8 Å². The van der Waals surface area contributed by atoms with Crippen LogP contribution in [0.1, 0.15) is 46.5 Å². The fraction of sp³-hybridized carbons (Fsp3) is 0.720. The summed E-state index contributed by atoms with van der Waals surface area (Å²) in [6, 6.07) is -1.67. The van der Waals surface area contributed by atoms with Crippen LogP contribution in [-0.4, -0.2) is 87.1 Å². The first-order valence-corrected chi connectivity index (χ1v) is 13.0. The molecule has 1 N–H and O–H groups in total. The van der Waals surface area contributed by atoms with Crippen LogP contribution in [-0.2, 0) is 23.9 Å². The van der Waals surface area contributed by atoms with Gasteiger partial charge in [0.15, 0.2) is 0 Å². The Labute approximate surface area is 210 Å². The number of ether oxygens (including phenoxy) is 2. The van der Waals surface area contributed by atoms with E-state index in [-0.39, 0.29) is 35.9 Å². The van der Waals surface area contributed by atoms with E-state index in [0.717, 1.165) is 12.8 Å². The summed E-state index contributed by atoms with van der Waals surface area (Å²) in [5.74, 6) is -2.69. The van der Waals surface area contributed by atoms with Gasteiger partial charge in [0, 0.05) is 17.4 Å². The molecular weight excluding hydrogens is 504 g/mol. The van der Waals surface area contributed by atoms with Crippen LogP contribution >= 0.6 is 15.9 Å². The molecule has 3 rings (SSSR count). The first-order chi connectivity index (χ1) is 16.2. The summed E-state index contributed by atoms with van der Waals surface area (Å²) >= 11 is 3.64. The zero-order chi connectivity index (χ0) is 25.2. The van der Waals surface area contributed by atoms with Crippen molar-refractivity contribution in [2.75, 3.05) is 19.8 Å². The Bertz CT molecular complexity index is 819. The molecule has 7 atom stereocenters. The second kappa shape index (κ2) is 10.9. The molecule has 1 spiro atoms. The normalized spacial score (nSPS) is 32.6. The van der Waals surface area contributed by atoms with Gasteiger partial charge in [0.1, 0.15) is 11.6 Å². The van der Waals surface area contributed by atoms with E-state index in [1.807, 2.05) is 19.9 Å². The smallest absolute Gasteiger partial charge is 0.312 e. The Balaban J connectivity index is 1.96. The number of halogens is 1. The zero-order valence-corrected chi connectivity index (χ0v) is 21.9. The molecule has 0 aromatic heterocycles. The molecule has 3 unspecified atom stereocenters. The van der Waals surface area contributed by atoms with Crippen molar-refractivity contribution in [2.24, 2.45) is 11.8 Å². The van der Waals surface area contributed by atoms with Gasteiger partial charge in [0.05, 0.1) is 37.2 Å². The van der Waals surface area contributed by atoms with E-state index >= 15 is 0 Å². The SMILES string of the molecule is C=CCCCCOC(=O)[C@H]1[C@H]2C(=O)N([C@H](C)CO)C(C(=O)N(CC=C)C(C)C)C23CC(Br)[C@@H]1O3. The van der Waals surface area contributed by atoms with Crippen molar-refractivity contribution < 1.29 is 29.0 Å². The highest BCUT2D eigenvalue weighted by molar-refractivity contribution is 9.09. The first-order valence-electron chi connectivity index (χ1n) is 12.1. The van der Waals surface area contributed by atoms with E-state index in [0.29, 0.717) is 19.4 Å². The van der Waals surface area contributed by atoms with Crippen LogP contribution < -0.4 is 0 Å². The van der Waals surface area contributed by atoms with Gasteiger partial charge in [-0.25, -0.2) is 0 Å². The molecule has 34 heavy (non-hydrogen) atoms. The summed E-state index contributed by atoms with van der Waals surface area (Å²) in [5, 5.41) is 9.92. The number of alkyl halides is 1. The van der Waals surface area contributed by atoms with E-state index in [2.05, 4.69) is 29.1 Å². The molecule has 2 bridgehead atoms. The number of hydrogen-bond donors (Lipinski definition) is 1. The fourth-order valence-corrected chi connectivity index (χ4v) is 6.63. The van der Waals surface area contributed by atoms with Crippen LogP contribution in [0.3, 0.4) is 0 Å². The molecule has 8 nitrogen and oxygen atoms in total. The first kappa shape index (κ1) is 26.9. The minimum absolute atomic E-state index is 0.128. The van der Waals surface area contributed by atoms with Gasteiger partial charge in [-0.1, -0.05) is 28.1 Å². The predicted octanol–water partition coefficient (Wildman–Crippen LogP) is 2.44. The molecule has 0 radical (unpaired) electrons. The molecular formula is C25H37BrN2O6. The number of carbonyl (C=O) groups is 3. The topological polar surface area (TPSA) is 96.4 Å². The number of allylic oxidation sites excluding steroid dienone is 1. The van der Waals surface area contributed by atoms with Gasteiger partial charge < -0.3 is 24.4 Å². The van der Waals surface area contributed by atoms with Crippen molar-refractivity contribution >= 4 is 33.7 Å². The van der Waals surface area contributed by atoms with Crippen molar-refractivity contribution in [3.8, 4) is 0 Å². The summed E-state index contributed by atoms with van der Waals surface area (Å²) in [4.78, 5) is 43.8. The lowest BCUT2D eigenvalue weighted by molar-refractivity contribution is -0.156. The minimum Gasteiger partial charge on any atom is -0.465 e. The fourth-order valence-electron chi connectivity index (χ4n) is 5.69. The average molecular weight is 541 g/mol. The molecule has 3 saturated heterocycles. The summed E-state index contributed by atoms with van der Waals surface area (Å²) < 4.78 is 12.0. The lowest BCUT2D eigenvalue weighted by Crippen LogP contribution is -2.59. The van der Waals surface area contributed by atoms with Gasteiger partial charge in [-0.2, -0.15) is 0 Å². The molecule has 0 aliphatic carbocycles. The number of hydrogen-bond acceptors (Lipinski definition) is 6. The van der Waals surface area contributed by atoms with Crippen molar-refractivity contribution in [3.05, 3.63) is 25.3 Å². The molecule has 3 aliphatic rings. The highest BCUT2D eigenvalue weighted by Crippen LogP contribution is 2.60. The number of carbonyl (C=O) groups excluding carboxylic acids is 3. The molecule has 0 aromatic carbocycles. The van der Waals surface area contributed by atoms with Crippen molar-refractivity contribution in [1.82, 2.24) is 9.80 Å². The third kappa shape index (κ3) is 4.46. The summed E-state index contributed by atoms with van der Waals surface area (Å²) in [7, 11) is 0. The van der Waals surface area contributed by atoms with Crippen molar-refractivity contribution in [1.29, 1.82) is 0 Å². The maximum absolute atomic E-state index is 13.9. The van der Waals surface area contributed by atoms with Crippen molar-refractivity contribution in [2.45, 2.75) is 81.1 Å². The quantitative estimate of drug-likeness (QED) is 0.177. The van der Waals surface area contributed by atoms with E-state index in [1.54, 1.807) is 17.9 Å². The monoisotopic (exact) mass is 540 g/mol. The molecule has 3 aliphatic heterocycles. The van der Waals surface area contributed by atoms with Crippen molar-refractivity contribution in [3.63, 3.8) is 0 Å². The Morgan fingerprint density at radius 3 is 2.62 bits per heavy atom. The average Bonchev–Trinajstić information content (AvgIpc) is 3.39. The van der Waals surface area contributed by atoms with Gasteiger partial charge in [-0.3, -0.25) is 14.4 Å². The van der Waals surface area contributed by atoms with Crippen LogP contribution in [0.25, 0.3) is 0 Å². The molecule has 3 fully saturated rings. The number of unbranched alkanes of at least 4 members (excludes halogenated alkanes) is 2. The van der Waals surface area contributed by atoms with Crippen LogP contribution in [0.5, 0.6) is 0 Å². The molecule has 3 heterocycles. The number of likely N-dealkylation sites (tertiary alicyclic amines) is 1. The van der Waals surface area contributed by atoms with Crippen LogP contribution in [0.15, 0.2) is 25.3 Å². The maximum Gasteiger partial charge on any atom is 0.312 e. The van der Waals surface area contributed by atoms with E-state index in [4.69, 9.17) is 9.47 Å². The number of aliphatic hydroxyl groups is 1. The molecule has 0 saturated carbocycles. The number of rotatable bonds is 12. The number of esters is 1. The lowest BCUT2D eigenvalue weighted by Gasteiger charge is -2.39. The Morgan fingerprint density at radius 2 is 2.03 bits per heavy atom. The highest BCUT2D eigenvalue weighted by atomic mass is 79.9. The van der Waals surface area contributed by atoms with Crippen LogP contribution in [0.4, 0.5) is 0 Å². The summed E-state index contributed by atoms with van der Waals surface area (Å²) in [6.45, 7) is 13.2. The van der Waals surface area contributed by atoms with Gasteiger partial charge in [0.25, 0.3) is 0 Å². The van der Waals surface area contributed by atoms with E-state index in [9.17, 15) is 19.5 Å². The Kier molecular flexibility index (Phi) is 8.63. The summed E-state index contributed by atoms with van der Waals surface area (Å²) in [6.07, 6.45) is 5.75. The van der Waals surface area contributed by atoms with Gasteiger partial charge in [-0.15, -0.1) is 13.2 Å².